The number of benzene rings is 1. The van der Waals surface area contributed by atoms with Crippen molar-refractivity contribution in [2.24, 2.45) is 0 Å². The molecule has 1 heterocycles. The van der Waals surface area contributed by atoms with Crippen LogP contribution in [0.25, 0.3) is 10.1 Å². The first-order chi connectivity index (χ1) is 8.94. The van der Waals surface area contributed by atoms with Crippen LogP contribution in [-0.2, 0) is 11.2 Å². The van der Waals surface area contributed by atoms with E-state index in [4.69, 9.17) is 4.74 Å². The molecule has 5 heteroatoms. The molecule has 0 atom stereocenters. The van der Waals surface area contributed by atoms with Crippen LogP contribution in [0.15, 0.2) is 24.4 Å². The molecular weight excluding hydrogens is 260 g/mol. The first kappa shape index (κ1) is 13.8. The quantitative estimate of drug-likeness (QED) is 0.936. The van der Waals surface area contributed by atoms with E-state index in [-0.39, 0.29) is 6.09 Å². The van der Waals surface area contributed by atoms with E-state index in [1.807, 2.05) is 27.0 Å². The molecule has 0 aliphatic heterocycles. The summed E-state index contributed by atoms with van der Waals surface area (Å²) < 4.78 is 10.5. The number of ether oxygens (including phenoxy) is 1. The van der Waals surface area contributed by atoms with E-state index in [1.165, 1.54) is 21.8 Å². The van der Waals surface area contributed by atoms with Crippen molar-refractivity contribution in [1.82, 2.24) is 9.69 Å². The normalized spacial score (nSPS) is 11.5. The molecule has 2 aromatic rings. The van der Waals surface area contributed by atoms with E-state index in [9.17, 15) is 4.79 Å². The Bertz CT molecular complexity index is 572. The maximum atomic E-state index is 11.5. The SMILES string of the molecule is CC(C)(C)OC(=O)NCCc1ccc2sncc2c1. The number of rotatable bonds is 3. The highest BCUT2D eigenvalue weighted by Crippen LogP contribution is 2.19. The van der Waals surface area contributed by atoms with Crippen molar-refractivity contribution in [3.63, 3.8) is 0 Å². The van der Waals surface area contributed by atoms with Crippen LogP contribution in [0.1, 0.15) is 26.3 Å². The molecule has 102 valence electrons. The third-order valence-electron chi connectivity index (χ3n) is 2.50. The number of fused-ring (bicyclic) bond motifs is 1. The second-order valence-electron chi connectivity index (χ2n) is 5.38. The summed E-state index contributed by atoms with van der Waals surface area (Å²) in [7, 11) is 0. The molecule has 19 heavy (non-hydrogen) atoms. The molecule has 0 unspecified atom stereocenters. The molecule has 2 rings (SSSR count). The van der Waals surface area contributed by atoms with Gasteiger partial charge in [-0.15, -0.1) is 0 Å². The number of nitrogens with zero attached hydrogens (tertiary/aromatic N) is 1. The van der Waals surface area contributed by atoms with Gasteiger partial charge in [0.05, 0.1) is 4.70 Å². The zero-order valence-corrected chi connectivity index (χ0v) is 12.2. The van der Waals surface area contributed by atoms with Crippen LogP contribution in [0.2, 0.25) is 0 Å². The van der Waals surface area contributed by atoms with Gasteiger partial charge in [0.15, 0.2) is 0 Å². The zero-order chi connectivity index (χ0) is 13.9. The Morgan fingerprint density at radius 3 is 2.95 bits per heavy atom. The van der Waals surface area contributed by atoms with Gasteiger partial charge in [-0.1, -0.05) is 6.07 Å². The van der Waals surface area contributed by atoms with E-state index in [0.29, 0.717) is 6.54 Å². The summed E-state index contributed by atoms with van der Waals surface area (Å²) in [5.74, 6) is 0. The summed E-state index contributed by atoms with van der Waals surface area (Å²) in [5, 5.41) is 3.91. The van der Waals surface area contributed by atoms with E-state index in [2.05, 4.69) is 27.9 Å². The van der Waals surface area contributed by atoms with E-state index < -0.39 is 5.60 Å². The fourth-order valence-electron chi connectivity index (χ4n) is 1.70. The Morgan fingerprint density at radius 2 is 2.21 bits per heavy atom. The highest BCUT2D eigenvalue weighted by molar-refractivity contribution is 7.13. The highest BCUT2D eigenvalue weighted by Gasteiger charge is 2.15. The molecule has 1 aromatic heterocycles. The summed E-state index contributed by atoms with van der Waals surface area (Å²) in [4.78, 5) is 11.5. The summed E-state index contributed by atoms with van der Waals surface area (Å²) in [6.07, 6.45) is 2.28. The third kappa shape index (κ3) is 4.21. The molecule has 1 amide bonds. The molecule has 0 fully saturated rings. The van der Waals surface area contributed by atoms with Crippen LogP contribution >= 0.6 is 11.5 Å². The van der Waals surface area contributed by atoms with Crippen LogP contribution < -0.4 is 5.32 Å². The Morgan fingerprint density at radius 1 is 1.42 bits per heavy atom. The third-order valence-corrected chi connectivity index (χ3v) is 3.28. The maximum Gasteiger partial charge on any atom is 0.407 e. The topological polar surface area (TPSA) is 51.2 Å². The van der Waals surface area contributed by atoms with Gasteiger partial charge in [-0.2, -0.15) is 4.37 Å². The number of nitrogens with one attached hydrogen (secondary N) is 1. The number of aromatic nitrogens is 1. The maximum absolute atomic E-state index is 11.5. The molecule has 0 saturated carbocycles. The largest absolute Gasteiger partial charge is 0.444 e. The first-order valence-corrected chi connectivity index (χ1v) is 7.01. The van der Waals surface area contributed by atoms with Gasteiger partial charge in [-0.05, 0) is 56.4 Å². The minimum atomic E-state index is -0.453. The molecule has 4 nitrogen and oxygen atoms in total. The lowest BCUT2D eigenvalue weighted by molar-refractivity contribution is 0.0528. The Labute approximate surface area is 116 Å². The average molecular weight is 278 g/mol. The zero-order valence-electron chi connectivity index (χ0n) is 11.4. The van der Waals surface area contributed by atoms with Gasteiger partial charge in [-0.25, -0.2) is 4.79 Å². The standard InChI is InChI=1S/C14H18N2O2S/c1-14(2,3)18-13(17)15-7-6-10-4-5-12-11(8-10)9-16-19-12/h4-5,8-9H,6-7H2,1-3H3,(H,15,17). The molecule has 0 bridgehead atoms. The fourth-order valence-corrected chi connectivity index (χ4v) is 2.33. The predicted octanol–water partition coefficient (Wildman–Crippen LogP) is 3.36. The minimum absolute atomic E-state index is 0.370. The smallest absolute Gasteiger partial charge is 0.407 e. The van der Waals surface area contributed by atoms with E-state index in [1.54, 1.807) is 0 Å². The number of carbonyl (C=O) groups is 1. The van der Waals surface area contributed by atoms with Crippen LogP contribution in [0.5, 0.6) is 0 Å². The lowest BCUT2D eigenvalue weighted by atomic mass is 10.1. The van der Waals surface area contributed by atoms with Gasteiger partial charge < -0.3 is 10.1 Å². The second kappa shape index (κ2) is 5.57. The molecule has 0 aliphatic rings. The van der Waals surface area contributed by atoms with Crippen LogP contribution in [0, 0.1) is 0 Å². The number of carbonyl (C=O) groups excluding carboxylic acids is 1. The lowest BCUT2D eigenvalue weighted by Crippen LogP contribution is -2.33. The molecule has 0 spiro atoms. The van der Waals surface area contributed by atoms with Crippen LogP contribution in [0.4, 0.5) is 4.79 Å². The van der Waals surface area contributed by atoms with Gasteiger partial charge in [0.25, 0.3) is 0 Å². The van der Waals surface area contributed by atoms with Crippen molar-refractivity contribution in [3.05, 3.63) is 30.0 Å². The highest BCUT2D eigenvalue weighted by atomic mass is 32.1. The van der Waals surface area contributed by atoms with Gasteiger partial charge >= 0.3 is 6.09 Å². The van der Waals surface area contributed by atoms with Crippen molar-refractivity contribution < 1.29 is 9.53 Å². The molecule has 0 radical (unpaired) electrons. The average Bonchev–Trinajstić information content (AvgIpc) is 2.73. The van der Waals surface area contributed by atoms with Gasteiger partial charge in [0, 0.05) is 18.1 Å². The predicted molar refractivity (Wildman–Crippen MR) is 77.6 cm³/mol. The van der Waals surface area contributed by atoms with E-state index >= 15 is 0 Å². The van der Waals surface area contributed by atoms with Crippen molar-refractivity contribution in [2.75, 3.05) is 6.54 Å². The monoisotopic (exact) mass is 278 g/mol. The Balaban J connectivity index is 1.83. The summed E-state index contributed by atoms with van der Waals surface area (Å²) in [6.45, 7) is 6.12. The molecule has 1 N–H and O–H groups in total. The van der Waals surface area contributed by atoms with Crippen molar-refractivity contribution in [3.8, 4) is 0 Å². The van der Waals surface area contributed by atoms with E-state index in [0.717, 1.165) is 11.8 Å². The van der Waals surface area contributed by atoms with Crippen LogP contribution in [-0.4, -0.2) is 22.6 Å². The number of hydrogen-bond acceptors (Lipinski definition) is 4. The van der Waals surface area contributed by atoms with Crippen molar-refractivity contribution >= 4 is 27.7 Å². The second-order valence-corrected chi connectivity index (χ2v) is 6.21. The summed E-state index contributed by atoms with van der Waals surface area (Å²) in [6, 6.07) is 6.24. The van der Waals surface area contributed by atoms with Gasteiger partial charge in [-0.3, -0.25) is 0 Å². The first-order valence-electron chi connectivity index (χ1n) is 6.24. The molecule has 1 aromatic carbocycles. The minimum Gasteiger partial charge on any atom is -0.444 e. The number of amides is 1. The van der Waals surface area contributed by atoms with Gasteiger partial charge in [0.2, 0.25) is 0 Å². The molecular formula is C14H18N2O2S. The number of hydrogen-bond donors (Lipinski definition) is 1. The molecule has 0 aliphatic carbocycles. The Hall–Kier alpha value is -1.62. The van der Waals surface area contributed by atoms with Crippen molar-refractivity contribution in [2.45, 2.75) is 32.8 Å². The summed E-state index contributed by atoms with van der Waals surface area (Å²) in [5.41, 5.74) is 0.731. The van der Waals surface area contributed by atoms with Gasteiger partial charge in [0.1, 0.15) is 5.60 Å². The van der Waals surface area contributed by atoms with Crippen LogP contribution in [0.3, 0.4) is 0 Å². The Kier molecular flexibility index (Phi) is 4.04. The summed E-state index contributed by atoms with van der Waals surface area (Å²) >= 11 is 1.49. The number of alkyl carbamates (subject to hydrolysis) is 1. The fraction of sp³-hybridized carbons (Fsp3) is 0.429. The van der Waals surface area contributed by atoms with Crippen molar-refractivity contribution in [1.29, 1.82) is 0 Å². The molecule has 0 saturated heterocycles. The lowest BCUT2D eigenvalue weighted by Gasteiger charge is -2.19.